The highest BCUT2D eigenvalue weighted by molar-refractivity contribution is 5.78. The zero-order chi connectivity index (χ0) is 20.9. The van der Waals surface area contributed by atoms with Crippen LogP contribution in [0.2, 0.25) is 0 Å². The van der Waals surface area contributed by atoms with Crippen molar-refractivity contribution in [3.8, 4) is 11.5 Å². The lowest BCUT2D eigenvalue weighted by atomic mass is 9.66. The molecule has 3 rings (SSSR count). The first-order chi connectivity index (χ1) is 14.0. The Bertz CT molecular complexity index is 695. The van der Waals surface area contributed by atoms with E-state index in [9.17, 15) is 9.90 Å². The number of piperidine rings is 1. The minimum absolute atomic E-state index is 0.00854. The smallest absolute Gasteiger partial charge is 0.234 e. The van der Waals surface area contributed by atoms with Crippen LogP contribution in [0.4, 0.5) is 0 Å². The lowest BCUT2D eigenvalue weighted by molar-refractivity contribution is -0.137. The summed E-state index contributed by atoms with van der Waals surface area (Å²) >= 11 is 0. The van der Waals surface area contributed by atoms with Crippen LogP contribution in [0.25, 0.3) is 0 Å². The molecule has 2 fully saturated rings. The van der Waals surface area contributed by atoms with Gasteiger partial charge >= 0.3 is 0 Å². The minimum Gasteiger partial charge on any atom is -0.493 e. The van der Waals surface area contributed by atoms with Crippen LogP contribution in [0.15, 0.2) is 18.2 Å². The standard InChI is InChI=1S/C23H36N2O4/c1-4-5-13-24-21(26)16-25-14-12-23(27)11-7-6-8-18(23)22(25)17-9-10-19(28-2)20(15-17)29-3/h9-10,15,18,22,27H,4-8,11-14,16H2,1-3H3,(H,24,26)/t18?,22-,23?/m0/s1. The van der Waals surface area contributed by atoms with E-state index in [1.807, 2.05) is 18.2 Å². The molecule has 6 heteroatoms. The number of rotatable bonds is 8. The number of unbranched alkanes of at least 4 members (excludes halogenated alkanes) is 1. The van der Waals surface area contributed by atoms with Crippen molar-refractivity contribution in [3.63, 3.8) is 0 Å². The Kier molecular flexibility index (Phi) is 7.41. The van der Waals surface area contributed by atoms with Crippen molar-refractivity contribution >= 4 is 5.91 Å². The Morgan fingerprint density at radius 2 is 2.03 bits per heavy atom. The number of likely N-dealkylation sites (tertiary alicyclic amines) is 1. The topological polar surface area (TPSA) is 71.0 Å². The van der Waals surface area contributed by atoms with E-state index in [0.717, 1.165) is 57.1 Å². The zero-order valence-corrected chi connectivity index (χ0v) is 18.1. The monoisotopic (exact) mass is 404 g/mol. The normalized spacial score (nSPS) is 27.2. The van der Waals surface area contributed by atoms with Gasteiger partial charge in [0.2, 0.25) is 5.91 Å². The summed E-state index contributed by atoms with van der Waals surface area (Å²) in [5, 5.41) is 14.4. The van der Waals surface area contributed by atoms with Gasteiger partial charge in [-0.05, 0) is 43.4 Å². The molecule has 29 heavy (non-hydrogen) atoms. The summed E-state index contributed by atoms with van der Waals surface area (Å²) in [7, 11) is 3.27. The fourth-order valence-electron chi connectivity index (χ4n) is 5.04. The van der Waals surface area contributed by atoms with Crippen LogP contribution in [0.5, 0.6) is 11.5 Å². The van der Waals surface area contributed by atoms with E-state index in [0.29, 0.717) is 24.6 Å². The van der Waals surface area contributed by atoms with Crippen molar-refractivity contribution in [2.45, 2.75) is 63.5 Å². The van der Waals surface area contributed by atoms with Crippen LogP contribution < -0.4 is 14.8 Å². The molecule has 2 unspecified atom stereocenters. The third-order valence-corrected chi connectivity index (χ3v) is 6.62. The van der Waals surface area contributed by atoms with Crippen molar-refractivity contribution in [1.82, 2.24) is 10.2 Å². The second-order valence-electron chi connectivity index (χ2n) is 8.44. The van der Waals surface area contributed by atoms with Crippen LogP contribution in [0.3, 0.4) is 0 Å². The number of nitrogens with zero attached hydrogens (tertiary/aromatic N) is 1. The van der Waals surface area contributed by atoms with Crippen LogP contribution in [-0.2, 0) is 4.79 Å². The summed E-state index contributed by atoms with van der Waals surface area (Å²) in [6.45, 7) is 3.91. The van der Waals surface area contributed by atoms with E-state index in [-0.39, 0.29) is 17.9 Å². The highest BCUT2D eigenvalue weighted by atomic mass is 16.5. The Balaban J connectivity index is 1.88. The SMILES string of the molecule is CCCCNC(=O)CN1CCC2(O)CCCCC2[C@@H]1c1ccc(OC)c(OC)c1. The molecule has 3 atom stereocenters. The number of fused-ring (bicyclic) bond motifs is 1. The summed E-state index contributed by atoms with van der Waals surface area (Å²) < 4.78 is 10.9. The van der Waals surface area contributed by atoms with Gasteiger partial charge in [0.1, 0.15) is 0 Å². The molecule has 162 valence electrons. The first kappa shape index (κ1) is 21.9. The molecule has 1 saturated carbocycles. The van der Waals surface area contributed by atoms with Crippen LogP contribution in [0, 0.1) is 5.92 Å². The zero-order valence-electron chi connectivity index (χ0n) is 18.1. The van der Waals surface area contributed by atoms with Gasteiger partial charge in [-0.1, -0.05) is 32.3 Å². The number of amides is 1. The molecule has 1 aromatic carbocycles. The van der Waals surface area contributed by atoms with E-state index in [1.54, 1.807) is 14.2 Å². The highest BCUT2D eigenvalue weighted by Crippen LogP contribution is 2.50. The highest BCUT2D eigenvalue weighted by Gasteiger charge is 2.49. The number of ether oxygens (including phenoxy) is 2. The fraction of sp³-hybridized carbons (Fsp3) is 0.696. The maximum atomic E-state index is 12.6. The largest absolute Gasteiger partial charge is 0.493 e. The van der Waals surface area contributed by atoms with Crippen LogP contribution >= 0.6 is 0 Å². The summed E-state index contributed by atoms with van der Waals surface area (Å²) in [6, 6.07) is 5.97. The van der Waals surface area contributed by atoms with Gasteiger partial charge in [-0.15, -0.1) is 0 Å². The number of hydrogen-bond donors (Lipinski definition) is 2. The predicted molar refractivity (Wildman–Crippen MR) is 113 cm³/mol. The molecular weight excluding hydrogens is 368 g/mol. The quantitative estimate of drug-likeness (QED) is 0.651. The molecule has 0 bridgehead atoms. The van der Waals surface area contributed by atoms with Gasteiger partial charge in [-0.25, -0.2) is 0 Å². The van der Waals surface area contributed by atoms with Crippen LogP contribution in [0.1, 0.15) is 63.5 Å². The average molecular weight is 405 g/mol. The molecule has 0 aromatic heterocycles. The fourth-order valence-corrected chi connectivity index (χ4v) is 5.04. The number of benzene rings is 1. The maximum Gasteiger partial charge on any atom is 0.234 e. The van der Waals surface area contributed by atoms with Gasteiger partial charge in [0.15, 0.2) is 11.5 Å². The van der Waals surface area contributed by atoms with Gasteiger partial charge in [0.05, 0.1) is 26.4 Å². The van der Waals surface area contributed by atoms with Gasteiger partial charge in [-0.3, -0.25) is 9.69 Å². The van der Waals surface area contributed by atoms with E-state index in [1.165, 1.54) is 0 Å². The molecule has 1 aliphatic carbocycles. The minimum atomic E-state index is -0.648. The lowest BCUT2D eigenvalue weighted by Crippen LogP contribution is -2.56. The molecule has 1 aromatic rings. The third kappa shape index (κ3) is 4.86. The summed E-state index contributed by atoms with van der Waals surface area (Å²) in [5.41, 5.74) is 0.430. The van der Waals surface area contributed by atoms with Gasteiger partial charge in [0, 0.05) is 25.0 Å². The molecule has 2 N–H and O–H groups in total. The first-order valence-electron chi connectivity index (χ1n) is 11.0. The van der Waals surface area contributed by atoms with E-state index in [4.69, 9.17) is 9.47 Å². The molecule has 0 spiro atoms. The second kappa shape index (κ2) is 9.81. The molecular formula is C23H36N2O4. The number of methoxy groups -OCH3 is 2. The average Bonchev–Trinajstić information content (AvgIpc) is 2.73. The van der Waals surface area contributed by atoms with Crippen molar-refractivity contribution in [1.29, 1.82) is 0 Å². The Hall–Kier alpha value is -1.79. The maximum absolute atomic E-state index is 12.6. The van der Waals surface area contributed by atoms with E-state index in [2.05, 4.69) is 17.1 Å². The van der Waals surface area contributed by atoms with Crippen molar-refractivity contribution in [3.05, 3.63) is 23.8 Å². The number of carbonyl (C=O) groups excluding carboxylic acids is 1. The number of hydrogen-bond acceptors (Lipinski definition) is 5. The van der Waals surface area contributed by atoms with E-state index >= 15 is 0 Å². The second-order valence-corrected chi connectivity index (χ2v) is 8.44. The predicted octanol–water partition coefficient (Wildman–Crippen LogP) is 3.29. The first-order valence-corrected chi connectivity index (χ1v) is 11.0. The van der Waals surface area contributed by atoms with Crippen molar-refractivity contribution in [2.24, 2.45) is 5.92 Å². The molecule has 1 heterocycles. The van der Waals surface area contributed by atoms with Crippen molar-refractivity contribution < 1.29 is 19.4 Å². The molecule has 2 aliphatic rings. The van der Waals surface area contributed by atoms with Gasteiger partial charge in [-0.2, -0.15) is 0 Å². The molecule has 1 amide bonds. The molecule has 1 aliphatic heterocycles. The number of carbonyl (C=O) groups is 1. The van der Waals surface area contributed by atoms with Gasteiger partial charge in [0.25, 0.3) is 0 Å². The lowest BCUT2D eigenvalue weighted by Gasteiger charge is -2.52. The summed E-state index contributed by atoms with van der Waals surface area (Å²) in [5.74, 6) is 1.55. The summed E-state index contributed by atoms with van der Waals surface area (Å²) in [6.07, 6.45) is 6.79. The third-order valence-electron chi connectivity index (χ3n) is 6.62. The van der Waals surface area contributed by atoms with Gasteiger partial charge < -0.3 is 19.9 Å². The Labute approximate surface area is 174 Å². The van der Waals surface area contributed by atoms with E-state index < -0.39 is 5.60 Å². The molecule has 6 nitrogen and oxygen atoms in total. The summed E-state index contributed by atoms with van der Waals surface area (Å²) in [4.78, 5) is 14.8. The Morgan fingerprint density at radius 1 is 1.24 bits per heavy atom. The number of aliphatic hydroxyl groups is 1. The molecule has 0 radical (unpaired) electrons. The van der Waals surface area contributed by atoms with Crippen LogP contribution in [-0.4, -0.2) is 55.4 Å². The Morgan fingerprint density at radius 3 is 2.76 bits per heavy atom. The van der Waals surface area contributed by atoms with Crippen molar-refractivity contribution in [2.75, 3.05) is 33.9 Å². The number of nitrogens with one attached hydrogen (secondary N) is 1. The molecule has 1 saturated heterocycles.